The molecule has 1 fully saturated rings. The van der Waals surface area contributed by atoms with Gasteiger partial charge in [0.2, 0.25) is 0 Å². The first-order chi connectivity index (χ1) is 11.1. The second kappa shape index (κ2) is 8.36. The topological polar surface area (TPSA) is 98.5 Å². The minimum absolute atomic E-state index is 0.0623. The Morgan fingerprint density at radius 3 is 3.13 bits per heavy atom. The summed E-state index contributed by atoms with van der Waals surface area (Å²) in [5, 5.41) is 12.6. The SMILES string of the molecule is [N-]=[N+]=NCCO[C@@H](c1cccc(F)c1)[C@@H]1CCCN(C(=O)O)C1. The first-order valence-electron chi connectivity index (χ1n) is 7.47. The molecule has 0 aliphatic carbocycles. The van der Waals surface area contributed by atoms with Gasteiger partial charge in [-0.3, -0.25) is 0 Å². The lowest BCUT2D eigenvalue weighted by Gasteiger charge is -2.35. The maximum Gasteiger partial charge on any atom is 0.407 e. The Bertz CT molecular complexity index is 592. The predicted molar refractivity (Wildman–Crippen MR) is 81.4 cm³/mol. The normalized spacial score (nSPS) is 19.0. The molecule has 0 bridgehead atoms. The lowest BCUT2D eigenvalue weighted by atomic mass is 9.88. The highest BCUT2D eigenvalue weighted by Gasteiger charge is 2.31. The largest absolute Gasteiger partial charge is 0.465 e. The first-order valence-corrected chi connectivity index (χ1v) is 7.47. The lowest BCUT2D eigenvalue weighted by Crippen LogP contribution is -2.41. The zero-order chi connectivity index (χ0) is 16.7. The zero-order valence-corrected chi connectivity index (χ0v) is 12.6. The van der Waals surface area contributed by atoms with Gasteiger partial charge in [-0.25, -0.2) is 9.18 Å². The van der Waals surface area contributed by atoms with Gasteiger partial charge in [-0.1, -0.05) is 17.2 Å². The van der Waals surface area contributed by atoms with Crippen LogP contribution in [0, 0.1) is 11.7 Å². The van der Waals surface area contributed by atoms with E-state index in [0.717, 1.165) is 12.8 Å². The molecule has 124 valence electrons. The Morgan fingerprint density at radius 2 is 2.43 bits per heavy atom. The van der Waals surface area contributed by atoms with Gasteiger partial charge >= 0.3 is 6.09 Å². The fourth-order valence-electron chi connectivity index (χ4n) is 2.88. The third-order valence-electron chi connectivity index (χ3n) is 3.89. The minimum Gasteiger partial charge on any atom is -0.465 e. The van der Waals surface area contributed by atoms with Crippen LogP contribution in [0.1, 0.15) is 24.5 Å². The number of hydrogen-bond acceptors (Lipinski definition) is 3. The van der Waals surface area contributed by atoms with Crippen molar-refractivity contribution < 1.29 is 19.0 Å². The molecule has 1 aliphatic rings. The van der Waals surface area contributed by atoms with Crippen molar-refractivity contribution in [3.05, 3.63) is 46.1 Å². The Labute approximate surface area is 133 Å². The molecule has 1 heterocycles. The molecule has 0 radical (unpaired) electrons. The summed E-state index contributed by atoms with van der Waals surface area (Å²) < 4.78 is 19.3. The van der Waals surface area contributed by atoms with Crippen molar-refractivity contribution in [1.29, 1.82) is 0 Å². The number of azide groups is 1. The van der Waals surface area contributed by atoms with Gasteiger partial charge in [-0.15, -0.1) is 0 Å². The van der Waals surface area contributed by atoms with Gasteiger partial charge in [0.05, 0.1) is 12.7 Å². The van der Waals surface area contributed by atoms with Crippen molar-refractivity contribution in [3.8, 4) is 0 Å². The summed E-state index contributed by atoms with van der Waals surface area (Å²) in [6.07, 6.45) is 0.151. The van der Waals surface area contributed by atoms with Gasteiger partial charge in [0.25, 0.3) is 0 Å². The molecular formula is C15H19FN4O3. The highest BCUT2D eigenvalue weighted by atomic mass is 19.1. The van der Waals surface area contributed by atoms with Crippen LogP contribution in [0.15, 0.2) is 29.4 Å². The van der Waals surface area contributed by atoms with E-state index in [1.54, 1.807) is 12.1 Å². The van der Waals surface area contributed by atoms with E-state index >= 15 is 0 Å². The average molecular weight is 322 g/mol. The van der Waals surface area contributed by atoms with Gasteiger partial charge in [0, 0.05) is 30.5 Å². The van der Waals surface area contributed by atoms with E-state index in [2.05, 4.69) is 10.0 Å². The second-order valence-corrected chi connectivity index (χ2v) is 5.43. The molecule has 7 nitrogen and oxygen atoms in total. The summed E-state index contributed by atoms with van der Waals surface area (Å²) in [6, 6.07) is 6.12. The summed E-state index contributed by atoms with van der Waals surface area (Å²) in [7, 11) is 0. The van der Waals surface area contributed by atoms with Gasteiger partial charge in [-0.2, -0.15) is 0 Å². The van der Waals surface area contributed by atoms with Crippen molar-refractivity contribution in [1.82, 2.24) is 4.90 Å². The van der Waals surface area contributed by atoms with Crippen molar-refractivity contribution in [2.75, 3.05) is 26.2 Å². The number of rotatable bonds is 6. The highest BCUT2D eigenvalue weighted by Crippen LogP contribution is 2.33. The molecule has 0 aromatic heterocycles. The molecule has 0 spiro atoms. The fraction of sp³-hybridized carbons (Fsp3) is 0.533. The molecule has 0 saturated carbocycles. The third kappa shape index (κ3) is 4.84. The van der Waals surface area contributed by atoms with Crippen LogP contribution in [-0.2, 0) is 4.74 Å². The molecule has 2 rings (SSSR count). The van der Waals surface area contributed by atoms with Crippen molar-refractivity contribution in [2.24, 2.45) is 11.0 Å². The summed E-state index contributed by atoms with van der Waals surface area (Å²) in [5.74, 6) is -0.426. The summed E-state index contributed by atoms with van der Waals surface area (Å²) in [6.45, 7) is 1.23. The molecule has 1 aromatic rings. The molecule has 1 N–H and O–H groups in total. The van der Waals surface area contributed by atoms with E-state index in [1.807, 2.05) is 0 Å². The van der Waals surface area contributed by atoms with Gasteiger partial charge < -0.3 is 14.7 Å². The molecule has 0 unspecified atom stereocenters. The highest BCUT2D eigenvalue weighted by molar-refractivity contribution is 5.65. The van der Waals surface area contributed by atoms with Crippen LogP contribution < -0.4 is 0 Å². The van der Waals surface area contributed by atoms with Crippen molar-refractivity contribution >= 4 is 6.09 Å². The average Bonchev–Trinajstić information content (AvgIpc) is 2.55. The molecule has 1 saturated heterocycles. The predicted octanol–water partition coefficient (Wildman–Crippen LogP) is 3.58. The number of carbonyl (C=O) groups is 1. The number of nitrogens with zero attached hydrogens (tertiary/aromatic N) is 4. The zero-order valence-electron chi connectivity index (χ0n) is 12.6. The van der Waals surface area contributed by atoms with Crippen LogP contribution in [0.2, 0.25) is 0 Å². The van der Waals surface area contributed by atoms with E-state index < -0.39 is 12.2 Å². The molecule has 8 heteroatoms. The van der Waals surface area contributed by atoms with Crippen molar-refractivity contribution in [2.45, 2.75) is 18.9 Å². The Morgan fingerprint density at radius 1 is 1.61 bits per heavy atom. The number of carboxylic acid groups (broad SMARTS) is 1. The van der Waals surface area contributed by atoms with Crippen LogP contribution in [0.3, 0.4) is 0 Å². The number of hydrogen-bond donors (Lipinski definition) is 1. The number of benzene rings is 1. The van der Waals surface area contributed by atoms with Crippen LogP contribution >= 0.6 is 0 Å². The van der Waals surface area contributed by atoms with E-state index in [-0.39, 0.29) is 24.9 Å². The van der Waals surface area contributed by atoms with E-state index in [1.165, 1.54) is 17.0 Å². The molecular weight excluding hydrogens is 303 g/mol. The smallest absolute Gasteiger partial charge is 0.407 e. The van der Waals surface area contributed by atoms with E-state index in [0.29, 0.717) is 18.7 Å². The molecule has 1 aromatic carbocycles. The molecule has 1 amide bonds. The number of halogens is 1. The Balaban J connectivity index is 2.14. The quantitative estimate of drug-likeness (QED) is 0.375. The van der Waals surface area contributed by atoms with Crippen LogP contribution in [0.4, 0.5) is 9.18 Å². The maximum absolute atomic E-state index is 13.5. The first kappa shape index (κ1) is 17.1. The van der Waals surface area contributed by atoms with Crippen LogP contribution in [-0.4, -0.2) is 42.3 Å². The Hall–Kier alpha value is -2.31. The van der Waals surface area contributed by atoms with E-state index in [4.69, 9.17) is 15.4 Å². The van der Waals surface area contributed by atoms with Gasteiger partial charge in [0.1, 0.15) is 5.82 Å². The number of amides is 1. The number of likely N-dealkylation sites (tertiary alicyclic amines) is 1. The minimum atomic E-state index is -0.957. The molecule has 23 heavy (non-hydrogen) atoms. The fourth-order valence-corrected chi connectivity index (χ4v) is 2.88. The maximum atomic E-state index is 13.5. The summed E-state index contributed by atoms with van der Waals surface area (Å²) >= 11 is 0. The van der Waals surface area contributed by atoms with Crippen LogP contribution in [0.5, 0.6) is 0 Å². The monoisotopic (exact) mass is 322 g/mol. The second-order valence-electron chi connectivity index (χ2n) is 5.43. The lowest BCUT2D eigenvalue weighted by molar-refractivity contribution is -0.00987. The Kier molecular flexibility index (Phi) is 6.19. The number of ether oxygens (including phenoxy) is 1. The van der Waals surface area contributed by atoms with Crippen molar-refractivity contribution in [3.63, 3.8) is 0 Å². The standard InChI is InChI=1S/C15H19FN4O3/c16-13-5-1-3-11(9-13)14(23-8-6-18-19-17)12-4-2-7-20(10-12)15(21)22/h1,3,5,9,12,14H,2,4,6-8,10H2,(H,21,22)/t12-,14+/m1/s1. The third-order valence-corrected chi connectivity index (χ3v) is 3.89. The molecule has 1 aliphatic heterocycles. The van der Waals surface area contributed by atoms with Gasteiger partial charge in [-0.05, 0) is 36.1 Å². The summed E-state index contributed by atoms with van der Waals surface area (Å²) in [5.41, 5.74) is 8.98. The number of piperidine rings is 1. The van der Waals surface area contributed by atoms with Crippen LogP contribution in [0.25, 0.3) is 10.4 Å². The van der Waals surface area contributed by atoms with E-state index in [9.17, 15) is 9.18 Å². The molecule has 2 atom stereocenters. The van der Waals surface area contributed by atoms with Gasteiger partial charge in [0.15, 0.2) is 0 Å². The summed E-state index contributed by atoms with van der Waals surface area (Å²) in [4.78, 5) is 15.2.